The summed E-state index contributed by atoms with van der Waals surface area (Å²) in [6.45, 7) is 3.71. The average Bonchev–Trinajstić information content (AvgIpc) is 3.06. The quantitative estimate of drug-likeness (QED) is 0.705. The summed E-state index contributed by atoms with van der Waals surface area (Å²) in [4.78, 5) is 42.6. The molecular weight excluding hydrogens is 418 g/mol. The number of hydrogen-bond acceptors (Lipinski definition) is 6. The molecule has 0 saturated heterocycles. The number of nitrogens with zero attached hydrogens (tertiary/aromatic N) is 1. The minimum Gasteiger partial charge on any atom is -0.462 e. The molecule has 2 aromatic rings. The van der Waals surface area contributed by atoms with E-state index in [2.05, 4.69) is 5.32 Å². The molecule has 0 fully saturated rings. The number of hydrogen-bond donors (Lipinski definition) is 2. The number of ketones is 1. The fourth-order valence-corrected chi connectivity index (χ4v) is 5.30. The molecule has 2 aromatic carbocycles. The monoisotopic (exact) mass is 443 g/mol. The molecule has 0 radical (unpaired) electrons. The predicted octanol–water partition coefficient (Wildman–Crippen LogP) is 3.45. The molecule has 33 heavy (non-hydrogen) atoms. The van der Waals surface area contributed by atoms with Gasteiger partial charge >= 0.3 is 5.97 Å². The van der Waals surface area contributed by atoms with Crippen molar-refractivity contribution in [3.05, 3.63) is 82.3 Å². The number of benzene rings is 2. The zero-order valence-electron chi connectivity index (χ0n) is 18.6. The molecular formula is C26H25N3O4. The molecule has 0 bridgehead atoms. The Morgan fingerprint density at radius 3 is 2.64 bits per heavy atom. The van der Waals surface area contributed by atoms with E-state index in [0.29, 0.717) is 41.8 Å². The van der Waals surface area contributed by atoms with Gasteiger partial charge in [0, 0.05) is 34.6 Å². The molecule has 7 heteroatoms. The number of carbonyl (C=O) groups excluding carboxylic acids is 3. The van der Waals surface area contributed by atoms with E-state index in [1.165, 1.54) is 0 Å². The zero-order valence-corrected chi connectivity index (χ0v) is 18.6. The number of anilines is 2. The Balaban J connectivity index is 1.91. The largest absolute Gasteiger partial charge is 0.462 e. The molecule has 7 nitrogen and oxygen atoms in total. The van der Waals surface area contributed by atoms with E-state index in [9.17, 15) is 14.4 Å². The van der Waals surface area contributed by atoms with Gasteiger partial charge in [0.1, 0.15) is 16.8 Å². The molecule has 3 N–H and O–H groups in total. The molecule has 168 valence electrons. The van der Waals surface area contributed by atoms with E-state index in [0.717, 1.165) is 11.3 Å². The highest BCUT2D eigenvalue weighted by atomic mass is 16.5. The van der Waals surface area contributed by atoms with Crippen molar-refractivity contribution in [2.45, 2.75) is 38.5 Å². The number of Topliss-reactive ketones (excluding diaryl/α,β-unsaturated/α-hetero) is 1. The molecule has 5 rings (SSSR count). The first kappa shape index (κ1) is 21.0. The molecule has 3 aliphatic rings. The second-order valence-corrected chi connectivity index (χ2v) is 8.50. The van der Waals surface area contributed by atoms with Crippen LogP contribution < -0.4 is 16.0 Å². The van der Waals surface area contributed by atoms with E-state index in [1.54, 1.807) is 17.9 Å². The summed E-state index contributed by atoms with van der Waals surface area (Å²) >= 11 is 0. The summed E-state index contributed by atoms with van der Waals surface area (Å²) in [6, 6.07) is 14.9. The van der Waals surface area contributed by atoms with Crippen molar-refractivity contribution in [3.8, 4) is 0 Å². The summed E-state index contributed by atoms with van der Waals surface area (Å²) in [7, 11) is 0. The Bertz CT molecular complexity index is 1260. The Morgan fingerprint density at radius 2 is 1.91 bits per heavy atom. The standard InChI is InChI=1S/C26H25N3O4/c1-3-33-24(31)22-23(27)29(16-8-5-4-6-9-16)19-10-7-11-20(30)21(19)26(22)17-14-15(2)12-13-18(17)28-25(26)32/h4-6,8-9,12-14H,3,7,10-11,27H2,1-2H3,(H,28,32). The number of nitrogens with one attached hydrogen (secondary N) is 1. The molecule has 1 amide bonds. The number of para-hydroxylation sites is 1. The van der Waals surface area contributed by atoms with Crippen LogP contribution >= 0.6 is 0 Å². The molecule has 1 spiro atoms. The van der Waals surface area contributed by atoms with Gasteiger partial charge in [-0.05, 0) is 44.9 Å². The Hall–Kier alpha value is -3.87. The van der Waals surface area contributed by atoms with Crippen molar-refractivity contribution >= 4 is 29.0 Å². The van der Waals surface area contributed by atoms with Gasteiger partial charge in [-0.1, -0.05) is 35.9 Å². The first-order valence-corrected chi connectivity index (χ1v) is 11.1. The number of amides is 1. The van der Waals surface area contributed by atoms with Gasteiger partial charge in [0.15, 0.2) is 5.78 Å². The van der Waals surface area contributed by atoms with Gasteiger partial charge in [-0.15, -0.1) is 0 Å². The van der Waals surface area contributed by atoms with Crippen LogP contribution in [-0.2, 0) is 24.5 Å². The summed E-state index contributed by atoms with van der Waals surface area (Å²) in [5, 5.41) is 2.90. The molecule has 1 atom stereocenters. The van der Waals surface area contributed by atoms with Gasteiger partial charge in [0.05, 0.1) is 6.61 Å². The number of rotatable bonds is 3. The smallest absolute Gasteiger partial charge is 0.339 e. The van der Waals surface area contributed by atoms with Crippen molar-refractivity contribution in [3.63, 3.8) is 0 Å². The maximum Gasteiger partial charge on any atom is 0.339 e. The summed E-state index contributed by atoms with van der Waals surface area (Å²) in [5.74, 6) is -1.21. The number of fused-ring (bicyclic) bond motifs is 3. The average molecular weight is 444 g/mol. The van der Waals surface area contributed by atoms with E-state index in [1.807, 2.05) is 49.4 Å². The Kier molecular flexibility index (Phi) is 4.85. The van der Waals surface area contributed by atoms with Crippen molar-refractivity contribution < 1.29 is 19.1 Å². The minimum atomic E-state index is -1.64. The van der Waals surface area contributed by atoms with Crippen LogP contribution in [0.1, 0.15) is 37.3 Å². The third-order valence-electron chi connectivity index (χ3n) is 6.56. The molecule has 1 unspecified atom stereocenters. The zero-order chi connectivity index (χ0) is 23.3. The van der Waals surface area contributed by atoms with Crippen molar-refractivity contribution in [1.82, 2.24) is 0 Å². The van der Waals surface area contributed by atoms with E-state index < -0.39 is 17.3 Å². The maximum atomic E-state index is 13.8. The molecule has 2 aliphatic heterocycles. The maximum absolute atomic E-state index is 13.8. The predicted molar refractivity (Wildman–Crippen MR) is 124 cm³/mol. The summed E-state index contributed by atoms with van der Waals surface area (Å²) in [5.41, 5.74) is 8.81. The lowest BCUT2D eigenvalue weighted by molar-refractivity contribution is -0.140. The molecule has 0 aromatic heterocycles. The number of esters is 1. The number of ether oxygens (including phenoxy) is 1. The first-order chi connectivity index (χ1) is 15.9. The highest BCUT2D eigenvalue weighted by molar-refractivity contribution is 6.23. The number of aryl methyl sites for hydroxylation is 1. The number of nitrogens with two attached hydrogens (primary N) is 1. The number of carbonyl (C=O) groups is 3. The van der Waals surface area contributed by atoms with Gasteiger partial charge in [-0.3, -0.25) is 14.5 Å². The second kappa shape index (κ2) is 7.62. The molecule has 1 aliphatic carbocycles. The topological polar surface area (TPSA) is 102 Å². The Morgan fingerprint density at radius 1 is 1.15 bits per heavy atom. The van der Waals surface area contributed by atoms with Gasteiger partial charge < -0.3 is 15.8 Å². The molecule has 2 heterocycles. The third kappa shape index (κ3) is 2.85. The van der Waals surface area contributed by atoms with E-state index in [4.69, 9.17) is 10.5 Å². The SMILES string of the molecule is CCOC(=O)C1=C(N)N(c2ccccc2)C2=C(C(=O)CCC2)C12C(=O)Nc1ccc(C)cc12. The van der Waals surface area contributed by atoms with Crippen molar-refractivity contribution in [2.75, 3.05) is 16.8 Å². The lowest BCUT2D eigenvalue weighted by atomic mass is 9.63. The van der Waals surface area contributed by atoms with E-state index in [-0.39, 0.29) is 23.8 Å². The van der Waals surface area contributed by atoms with Gasteiger partial charge in [-0.2, -0.15) is 0 Å². The van der Waals surface area contributed by atoms with Crippen LogP contribution in [0.3, 0.4) is 0 Å². The molecule has 0 saturated carbocycles. The van der Waals surface area contributed by atoms with Crippen molar-refractivity contribution in [1.29, 1.82) is 0 Å². The van der Waals surface area contributed by atoms with Crippen molar-refractivity contribution in [2.24, 2.45) is 5.73 Å². The Labute approximate surface area is 191 Å². The highest BCUT2D eigenvalue weighted by Crippen LogP contribution is 2.55. The highest BCUT2D eigenvalue weighted by Gasteiger charge is 2.61. The second-order valence-electron chi connectivity index (χ2n) is 8.50. The van der Waals surface area contributed by atoms with Gasteiger partial charge in [0.25, 0.3) is 0 Å². The fraction of sp³-hybridized carbons (Fsp3) is 0.269. The van der Waals surface area contributed by atoms with Crippen LogP contribution in [0.15, 0.2) is 71.2 Å². The van der Waals surface area contributed by atoms with E-state index >= 15 is 0 Å². The summed E-state index contributed by atoms with van der Waals surface area (Å²) < 4.78 is 5.41. The lowest BCUT2D eigenvalue weighted by Gasteiger charge is -2.44. The van der Waals surface area contributed by atoms with Crippen LogP contribution in [0.25, 0.3) is 0 Å². The van der Waals surface area contributed by atoms with Crippen LogP contribution in [0.2, 0.25) is 0 Å². The lowest BCUT2D eigenvalue weighted by Crippen LogP contribution is -2.53. The van der Waals surface area contributed by atoms with Crippen LogP contribution in [0.5, 0.6) is 0 Å². The third-order valence-corrected chi connectivity index (χ3v) is 6.56. The fourth-order valence-electron chi connectivity index (χ4n) is 5.30. The summed E-state index contributed by atoms with van der Waals surface area (Å²) in [6.07, 6.45) is 1.50. The van der Waals surface area contributed by atoms with Crippen LogP contribution in [0.4, 0.5) is 11.4 Å². The normalized spacial score (nSPS) is 21.8. The van der Waals surface area contributed by atoms with Gasteiger partial charge in [-0.25, -0.2) is 4.79 Å². The van der Waals surface area contributed by atoms with Gasteiger partial charge in [0.2, 0.25) is 5.91 Å². The minimum absolute atomic E-state index is 0.0101. The number of allylic oxidation sites excluding steroid dienone is 1. The van der Waals surface area contributed by atoms with Crippen LogP contribution in [0, 0.1) is 6.92 Å². The van der Waals surface area contributed by atoms with Crippen LogP contribution in [-0.4, -0.2) is 24.3 Å². The first-order valence-electron chi connectivity index (χ1n) is 11.1.